The Hall–Kier alpha value is -2.37. The van der Waals surface area contributed by atoms with Gasteiger partial charge in [0, 0.05) is 19.3 Å². The highest BCUT2D eigenvalue weighted by Gasteiger charge is 2.33. The van der Waals surface area contributed by atoms with Gasteiger partial charge in [-0.15, -0.1) is 0 Å². The van der Waals surface area contributed by atoms with Gasteiger partial charge in [-0.25, -0.2) is 0 Å². The molecule has 2 aromatic rings. The van der Waals surface area contributed by atoms with Gasteiger partial charge in [-0.3, -0.25) is 4.79 Å². The van der Waals surface area contributed by atoms with Crippen LogP contribution in [0.5, 0.6) is 0 Å². The standard InChI is InChI=1S/C20H24N2O3/c1-25-14-17(13-23)21-20(24)19(16-8-3-2-4-9-16)22-12-11-15-7-5-6-10-18(15)22/h2-10,17,19,23H,11-14H2,1H3,(H,21,24)/t17-,19+/m0/s1. The number of aliphatic hydroxyl groups excluding tert-OH is 1. The van der Waals surface area contributed by atoms with Crippen LogP contribution in [0.15, 0.2) is 54.6 Å². The molecular formula is C20H24N2O3. The molecule has 0 fully saturated rings. The zero-order valence-corrected chi connectivity index (χ0v) is 14.4. The summed E-state index contributed by atoms with van der Waals surface area (Å²) < 4.78 is 5.07. The van der Waals surface area contributed by atoms with Crippen molar-refractivity contribution in [3.63, 3.8) is 0 Å². The van der Waals surface area contributed by atoms with E-state index in [1.54, 1.807) is 7.11 Å². The smallest absolute Gasteiger partial charge is 0.247 e. The largest absolute Gasteiger partial charge is 0.394 e. The first kappa shape index (κ1) is 17.5. The van der Waals surface area contributed by atoms with Crippen molar-refractivity contribution in [2.24, 2.45) is 0 Å². The molecule has 0 saturated carbocycles. The Morgan fingerprint density at radius 2 is 1.92 bits per heavy atom. The van der Waals surface area contributed by atoms with Crippen molar-refractivity contribution in [1.82, 2.24) is 5.32 Å². The molecular weight excluding hydrogens is 316 g/mol. The lowest BCUT2D eigenvalue weighted by molar-refractivity contribution is -0.124. The molecule has 0 aromatic heterocycles. The van der Waals surface area contributed by atoms with Crippen LogP contribution in [-0.2, 0) is 16.0 Å². The summed E-state index contributed by atoms with van der Waals surface area (Å²) in [7, 11) is 1.56. The number of anilines is 1. The van der Waals surface area contributed by atoms with Crippen LogP contribution in [0.3, 0.4) is 0 Å². The maximum Gasteiger partial charge on any atom is 0.247 e. The molecule has 25 heavy (non-hydrogen) atoms. The Kier molecular flexibility index (Phi) is 5.68. The predicted molar refractivity (Wildman–Crippen MR) is 97.6 cm³/mol. The molecule has 2 aromatic carbocycles. The fraction of sp³-hybridized carbons (Fsp3) is 0.350. The van der Waals surface area contributed by atoms with Crippen LogP contribution in [-0.4, -0.2) is 43.9 Å². The Labute approximate surface area is 148 Å². The maximum absolute atomic E-state index is 13.1. The van der Waals surface area contributed by atoms with E-state index in [0.29, 0.717) is 0 Å². The van der Waals surface area contributed by atoms with E-state index < -0.39 is 12.1 Å². The highest BCUT2D eigenvalue weighted by molar-refractivity contribution is 5.87. The van der Waals surface area contributed by atoms with Gasteiger partial charge < -0.3 is 20.1 Å². The van der Waals surface area contributed by atoms with E-state index in [2.05, 4.69) is 22.3 Å². The monoisotopic (exact) mass is 340 g/mol. The van der Waals surface area contributed by atoms with E-state index in [1.807, 2.05) is 42.5 Å². The van der Waals surface area contributed by atoms with Gasteiger partial charge in [0.2, 0.25) is 5.91 Å². The maximum atomic E-state index is 13.1. The molecule has 0 bridgehead atoms. The van der Waals surface area contributed by atoms with Crippen LogP contribution in [0.2, 0.25) is 0 Å². The number of hydrogen-bond donors (Lipinski definition) is 2. The van der Waals surface area contributed by atoms with E-state index in [0.717, 1.165) is 24.2 Å². The molecule has 5 nitrogen and oxygen atoms in total. The van der Waals surface area contributed by atoms with Crippen molar-refractivity contribution in [2.45, 2.75) is 18.5 Å². The number of ether oxygens (including phenoxy) is 1. The van der Waals surface area contributed by atoms with E-state index in [9.17, 15) is 9.90 Å². The van der Waals surface area contributed by atoms with Crippen molar-refractivity contribution in [3.8, 4) is 0 Å². The zero-order valence-electron chi connectivity index (χ0n) is 14.4. The minimum atomic E-state index is -0.434. The van der Waals surface area contributed by atoms with E-state index >= 15 is 0 Å². The molecule has 0 saturated heterocycles. The number of amides is 1. The summed E-state index contributed by atoms with van der Waals surface area (Å²) in [5.41, 5.74) is 3.29. The summed E-state index contributed by atoms with van der Waals surface area (Å²) >= 11 is 0. The van der Waals surface area contributed by atoms with Crippen molar-refractivity contribution >= 4 is 11.6 Å². The summed E-state index contributed by atoms with van der Waals surface area (Å²) in [5.74, 6) is -0.126. The second kappa shape index (κ2) is 8.14. The number of benzene rings is 2. The number of carbonyl (C=O) groups is 1. The topological polar surface area (TPSA) is 61.8 Å². The zero-order chi connectivity index (χ0) is 17.6. The first-order chi connectivity index (χ1) is 12.2. The molecule has 2 N–H and O–H groups in total. The van der Waals surface area contributed by atoms with Gasteiger partial charge in [0.25, 0.3) is 0 Å². The SMILES string of the molecule is COC[C@H](CO)NC(=O)[C@@H](c1ccccc1)N1CCc2ccccc21. The molecule has 1 aliphatic rings. The summed E-state index contributed by atoms with van der Waals surface area (Å²) in [5, 5.41) is 12.4. The third-order valence-corrected chi connectivity index (χ3v) is 4.53. The normalized spacial score (nSPS) is 15.5. The lowest BCUT2D eigenvalue weighted by atomic mass is 10.0. The van der Waals surface area contributed by atoms with E-state index in [-0.39, 0.29) is 19.1 Å². The lowest BCUT2D eigenvalue weighted by Gasteiger charge is -2.31. The summed E-state index contributed by atoms with van der Waals surface area (Å²) in [6, 6.07) is 17.1. The quantitative estimate of drug-likeness (QED) is 0.808. The fourth-order valence-electron chi connectivity index (χ4n) is 3.36. The van der Waals surface area contributed by atoms with E-state index in [1.165, 1.54) is 5.56 Å². The molecule has 1 aliphatic heterocycles. The van der Waals surface area contributed by atoms with Crippen molar-refractivity contribution < 1.29 is 14.6 Å². The van der Waals surface area contributed by atoms with Crippen LogP contribution in [0, 0.1) is 0 Å². The first-order valence-corrected chi connectivity index (χ1v) is 8.54. The number of fused-ring (bicyclic) bond motifs is 1. The molecule has 5 heteroatoms. The highest BCUT2D eigenvalue weighted by atomic mass is 16.5. The third kappa shape index (κ3) is 3.83. The molecule has 3 rings (SSSR count). The molecule has 132 valence electrons. The first-order valence-electron chi connectivity index (χ1n) is 8.54. The van der Waals surface area contributed by atoms with Crippen LogP contribution < -0.4 is 10.2 Å². The Balaban J connectivity index is 1.90. The summed E-state index contributed by atoms with van der Waals surface area (Å²) in [4.78, 5) is 15.2. The average Bonchev–Trinajstić information content (AvgIpc) is 3.06. The van der Waals surface area contributed by atoms with E-state index in [4.69, 9.17) is 4.74 Å². The van der Waals surface area contributed by atoms with Gasteiger partial charge in [0.15, 0.2) is 0 Å². The number of rotatable bonds is 7. The molecule has 1 amide bonds. The van der Waals surface area contributed by atoms with Crippen LogP contribution >= 0.6 is 0 Å². The second-order valence-corrected chi connectivity index (χ2v) is 6.23. The fourth-order valence-corrected chi connectivity index (χ4v) is 3.36. The van der Waals surface area contributed by atoms with Crippen molar-refractivity contribution in [3.05, 3.63) is 65.7 Å². The number of methoxy groups -OCH3 is 1. The molecule has 2 atom stereocenters. The van der Waals surface area contributed by atoms with Gasteiger partial charge in [-0.2, -0.15) is 0 Å². The number of hydrogen-bond acceptors (Lipinski definition) is 4. The van der Waals surface area contributed by atoms with Gasteiger partial charge in [0.1, 0.15) is 6.04 Å². The predicted octanol–water partition coefficient (Wildman–Crippen LogP) is 1.91. The van der Waals surface area contributed by atoms with Gasteiger partial charge in [0.05, 0.1) is 19.3 Å². The van der Waals surface area contributed by atoms with Crippen LogP contribution in [0.4, 0.5) is 5.69 Å². The summed E-state index contributed by atoms with van der Waals surface area (Å²) in [6.45, 7) is 0.915. The number of para-hydroxylation sites is 1. The van der Waals surface area contributed by atoms with Gasteiger partial charge in [-0.05, 0) is 23.6 Å². The second-order valence-electron chi connectivity index (χ2n) is 6.23. The third-order valence-electron chi connectivity index (χ3n) is 4.53. The lowest BCUT2D eigenvalue weighted by Crippen LogP contribution is -2.47. The summed E-state index contributed by atoms with van der Waals surface area (Å²) in [6.07, 6.45) is 0.925. The highest BCUT2D eigenvalue weighted by Crippen LogP contribution is 2.35. The molecule has 1 heterocycles. The molecule has 0 spiro atoms. The van der Waals surface area contributed by atoms with Crippen molar-refractivity contribution in [1.29, 1.82) is 0 Å². The molecule has 0 radical (unpaired) electrons. The Morgan fingerprint density at radius 1 is 1.20 bits per heavy atom. The van der Waals surface area contributed by atoms with Gasteiger partial charge >= 0.3 is 0 Å². The molecule has 0 aliphatic carbocycles. The number of nitrogens with zero attached hydrogens (tertiary/aromatic N) is 1. The van der Waals surface area contributed by atoms with Crippen molar-refractivity contribution in [2.75, 3.05) is 31.8 Å². The van der Waals surface area contributed by atoms with Crippen LogP contribution in [0.1, 0.15) is 17.2 Å². The minimum Gasteiger partial charge on any atom is -0.394 e. The van der Waals surface area contributed by atoms with Crippen LogP contribution in [0.25, 0.3) is 0 Å². The Morgan fingerprint density at radius 3 is 2.64 bits per heavy atom. The molecule has 0 unspecified atom stereocenters. The number of aliphatic hydroxyl groups is 1. The number of carbonyl (C=O) groups excluding carboxylic acids is 1. The number of nitrogens with one attached hydrogen (secondary N) is 1. The van der Waals surface area contributed by atoms with Gasteiger partial charge in [-0.1, -0.05) is 48.5 Å². The average molecular weight is 340 g/mol. The minimum absolute atomic E-state index is 0.126. The Bertz CT molecular complexity index is 705.